The Morgan fingerprint density at radius 3 is 2.45 bits per heavy atom. The molecule has 4 rings (SSSR count). The molecule has 1 aromatic rings. The fourth-order valence-electron chi connectivity index (χ4n) is 4.23. The third kappa shape index (κ3) is 2.39. The molecule has 4 heterocycles. The first-order chi connectivity index (χ1) is 10.7. The Kier molecular flexibility index (Phi) is 3.56. The monoisotopic (exact) mass is 304 g/mol. The summed E-state index contributed by atoms with van der Waals surface area (Å²) in [6.45, 7) is 4.89. The number of morpholine rings is 1. The van der Waals surface area contributed by atoms with Gasteiger partial charge in [0.25, 0.3) is 0 Å². The standard InChI is InChI=1S/C16H24N4O2/c1-12-10-17-19(11-12)15-8-13-2-3-14(9-15)20(13)16(21)18-4-6-22-7-5-18/h10-11,13-15H,2-9H2,1H3. The lowest BCUT2D eigenvalue weighted by Crippen LogP contribution is -2.54. The largest absolute Gasteiger partial charge is 0.378 e. The minimum Gasteiger partial charge on any atom is -0.378 e. The van der Waals surface area contributed by atoms with Gasteiger partial charge in [-0.25, -0.2) is 4.79 Å². The van der Waals surface area contributed by atoms with Crippen molar-refractivity contribution < 1.29 is 9.53 Å². The molecule has 0 radical (unpaired) electrons. The van der Waals surface area contributed by atoms with E-state index >= 15 is 0 Å². The quantitative estimate of drug-likeness (QED) is 0.795. The van der Waals surface area contributed by atoms with Crippen molar-refractivity contribution >= 4 is 6.03 Å². The lowest BCUT2D eigenvalue weighted by molar-refractivity contribution is 0.0305. The highest BCUT2D eigenvalue weighted by molar-refractivity contribution is 5.76. The molecule has 22 heavy (non-hydrogen) atoms. The first kappa shape index (κ1) is 14.1. The molecule has 3 aliphatic rings. The maximum atomic E-state index is 12.8. The minimum absolute atomic E-state index is 0.228. The van der Waals surface area contributed by atoms with Gasteiger partial charge in [-0.2, -0.15) is 5.10 Å². The molecule has 2 bridgehead atoms. The van der Waals surface area contributed by atoms with Crippen LogP contribution in [0.15, 0.2) is 12.4 Å². The number of fused-ring (bicyclic) bond motifs is 2. The van der Waals surface area contributed by atoms with Gasteiger partial charge in [-0.05, 0) is 38.2 Å². The number of hydrogen-bond acceptors (Lipinski definition) is 3. The fraction of sp³-hybridized carbons (Fsp3) is 0.750. The third-order valence-corrected chi connectivity index (χ3v) is 5.32. The SMILES string of the molecule is Cc1cnn(C2CC3CCC(C2)N3C(=O)N2CCOCC2)c1. The number of aryl methyl sites for hydroxylation is 1. The molecular formula is C16H24N4O2. The zero-order chi connectivity index (χ0) is 15.1. The Balaban J connectivity index is 1.47. The number of piperidine rings is 1. The average molecular weight is 304 g/mol. The average Bonchev–Trinajstić information content (AvgIpc) is 3.09. The van der Waals surface area contributed by atoms with E-state index in [9.17, 15) is 4.79 Å². The number of urea groups is 1. The molecule has 0 aromatic carbocycles. The van der Waals surface area contributed by atoms with Crippen LogP contribution in [0.2, 0.25) is 0 Å². The molecule has 2 amide bonds. The molecule has 0 saturated carbocycles. The van der Waals surface area contributed by atoms with Gasteiger partial charge in [0, 0.05) is 31.4 Å². The van der Waals surface area contributed by atoms with Gasteiger partial charge in [-0.15, -0.1) is 0 Å². The van der Waals surface area contributed by atoms with Gasteiger partial charge in [0.05, 0.1) is 25.5 Å². The van der Waals surface area contributed by atoms with Crippen molar-refractivity contribution in [3.8, 4) is 0 Å². The van der Waals surface area contributed by atoms with Gasteiger partial charge in [-0.3, -0.25) is 4.68 Å². The Hall–Kier alpha value is -1.56. The summed E-state index contributed by atoms with van der Waals surface area (Å²) in [6, 6.07) is 1.43. The second kappa shape index (κ2) is 5.57. The number of hydrogen-bond donors (Lipinski definition) is 0. The van der Waals surface area contributed by atoms with Crippen molar-refractivity contribution in [1.82, 2.24) is 19.6 Å². The molecule has 120 valence electrons. The summed E-state index contributed by atoms with van der Waals surface area (Å²) in [5.74, 6) is 0. The highest BCUT2D eigenvalue weighted by atomic mass is 16.5. The number of carbonyl (C=O) groups is 1. The zero-order valence-corrected chi connectivity index (χ0v) is 13.1. The van der Waals surface area contributed by atoms with Crippen LogP contribution in [0.3, 0.4) is 0 Å². The second-order valence-electron chi connectivity index (χ2n) is 6.80. The van der Waals surface area contributed by atoms with Gasteiger partial charge in [0.1, 0.15) is 0 Å². The highest BCUT2D eigenvalue weighted by Crippen LogP contribution is 2.41. The fourth-order valence-corrected chi connectivity index (χ4v) is 4.23. The van der Waals surface area contributed by atoms with Crippen LogP contribution in [0.25, 0.3) is 0 Å². The summed E-state index contributed by atoms with van der Waals surface area (Å²) < 4.78 is 7.47. The number of rotatable bonds is 1. The van der Waals surface area contributed by atoms with E-state index in [1.54, 1.807) is 0 Å². The van der Waals surface area contributed by atoms with Crippen molar-refractivity contribution in [2.45, 2.75) is 50.7 Å². The maximum Gasteiger partial charge on any atom is 0.320 e. The van der Waals surface area contributed by atoms with E-state index in [-0.39, 0.29) is 6.03 Å². The van der Waals surface area contributed by atoms with E-state index in [0.717, 1.165) is 38.8 Å². The molecule has 3 aliphatic heterocycles. The van der Waals surface area contributed by atoms with Gasteiger partial charge >= 0.3 is 6.03 Å². The summed E-state index contributed by atoms with van der Waals surface area (Å²) in [5, 5.41) is 4.48. The lowest BCUT2D eigenvalue weighted by Gasteiger charge is -2.42. The summed E-state index contributed by atoms with van der Waals surface area (Å²) in [5.41, 5.74) is 1.21. The third-order valence-electron chi connectivity index (χ3n) is 5.32. The predicted octanol–water partition coefficient (Wildman–Crippen LogP) is 1.81. The summed E-state index contributed by atoms with van der Waals surface area (Å²) in [7, 11) is 0. The number of nitrogens with zero attached hydrogens (tertiary/aromatic N) is 4. The van der Waals surface area contributed by atoms with Crippen molar-refractivity contribution in [1.29, 1.82) is 0 Å². The first-order valence-corrected chi connectivity index (χ1v) is 8.38. The molecule has 2 atom stereocenters. The van der Waals surface area contributed by atoms with Crippen molar-refractivity contribution in [2.75, 3.05) is 26.3 Å². The van der Waals surface area contributed by atoms with Gasteiger partial charge < -0.3 is 14.5 Å². The number of aromatic nitrogens is 2. The minimum atomic E-state index is 0.228. The Bertz CT molecular complexity index is 538. The van der Waals surface area contributed by atoms with E-state index in [4.69, 9.17) is 4.74 Å². The zero-order valence-electron chi connectivity index (χ0n) is 13.1. The molecule has 3 saturated heterocycles. The maximum absolute atomic E-state index is 12.8. The van der Waals surface area contributed by atoms with Crippen LogP contribution in [0.5, 0.6) is 0 Å². The van der Waals surface area contributed by atoms with Crippen LogP contribution in [0.4, 0.5) is 4.79 Å². The van der Waals surface area contributed by atoms with Crippen molar-refractivity contribution in [3.63, 3.8) is 0 Å². The number of ether oxygens (including phenoxy) is 1. The van der Waals surface area contributed by atoms with E-state index in [1.165, 1.54) is 5.56 Å². The van der Waals surface area contributed by atoms with E-state index < -0.39 is 0 Å². The molecular weight excluding hydrogens is 280 g/mol. The Labute approximate surface area is 131 Å². The molecule has 0 aliphatic carbocycles. The summed E-state index contributed by atoms with van der Waals surface area (Å²) in [6.07, 6.45) is 8.40. The van der Waals surface area contributed by atoms with Gasteiger partial charge in [0.15, 0.2) is 0 Å². The normalized spacial score (nSPS) is 31.6. The Morgan fingerprint density at radius 1 is 1.18 bits per heavy atom. The molecule has 1 aromatic heterocycles. The molecule has 0 spiro atoms. The van der Waals surface area contributed by atoms with Crippen LogP contribution in [0, 0.1) is 6.92 Å². The van der Waals surface area contributed by atoms with Gasteiger partial charge in [-0.1, -0.05) is 0 Å². The van der Waals surface area contributed by atoms with Crippen LogP contribution in [-0.2, 0) is 4.74 Å². The van der Waals surface area contributed by atoms with Crippen LogP contribution in [0.1, 0.15) is 37.3 Å². The van der Waals surface area contributed by atoms with E-state index in [0.29, 0.717) is 31.3 Å². The van der Waals surface area contributed by atoms with E-state index in [2.05, 4.69) is 27.8 Å². The second-order valence-corrected chi connectivity index (χ2v) is 6.80. The molecule has 3 fully saturated rings. The molecule has 6 heteroatoms. The summed E-state index contributed by atoms with van der Waals surface area (Å²) in [4.78, 5) is 17.0. The number of carbonyl (C=O) groups excluding carboxylic acids is 1. The van der Waals surface area contributed by atoms with Crippen LogP contribution < -0.4 is 0 Å². The highest BCUT2D eigenvalue weighted by Gasteiger charge is 2.45. The van der Waals surface area contributed by atoms with Crippen molar-refractivity contribution in [2.24, 2.45) is 0 Å². The topological polar surface area (TPSA) is 50.6 Å². The molecule has 0 N–H and O–H groups in total. The smallest absolute Gasteiger partial charge is 0.320 e. The van der Waals surface area contributed by atoms with Gasteiger partial charge in [0.2, 0.25) is 0 Å². The molecule has 6 nitrogen and oxygen atoms in total. The van der Waals surface area contributed by atoms with Crippen LogP contribution >= 0.6 is 0 Å². The molecule has 2 unspecified atom stereocenters. The summed E-state index contributed by atoms with van der Waals surface area (Å²) >= 11 is 0. The van der Waals surface area contributed by atoms with E-state index in [1.807, 2.05) is 11.1 Å². The van der Waals surface area contributed by atoms with Crippen LogP contribution in [-0.4, -0.2) is 64.0 Å². The Morgan fingerprint density at radius 2 is 1.86 bits per heavy atom. The number of amides is 2. The van der Waals surface area contributed by atoms with Crippen molar-refractivity contribution in [3.05, 3.63) is 18.0 Å². The first-order valence-electron chi connectivity index (χ1n) is 8.38. The lowest BCUT2D eigenvalue weighted by atomic mass is 9.97. The predicted molar refractivity (Wildman–Crippen MR) is 81.7 cm³/mol.